The first-order valence-electron chi connectivity index (χ1n) is 10.7. The van der Waals surface area contributed by atoms with Crippen LogP contribution in [0.5, 0.6) is 0 Å². The predicted octanol–water partition coefficient (Wildman–Crippen LogP) is 5.93. The molecule has 3 unspecified atom stereocenters. The molecule has 4 rings (SSSR count). The molecule has 2 heteroatoms. The summed E-state index contributed by atoms with van der Waals surface area (Å²) in [6, 6.07) is 10.1. The lowest BCUT2D eigenvalue weighted by atomic mass is 9.71. The second-order valence-corrected chi connectivity index (χ2v) is 8.52. The van der Waals surface area contributed by atoms with Crippen LogP contribution in [0.25, 0.3) is 6.08 Å². The van der Waals surface area contributed by atoms with E-state index in [1.807, 2.05) is 36.4 Å². The zero-order chi connectivity index (χ0) is 18.6. The number of ketones is 2. The van der Waals surface area contributed by atoms with Crippen molar-refractivity contribution in [3.8, 4) is 0 Å². The van der Waals surface area contributed by atoms with E-state index in [0.717, 1.165) is 62.5 Å². The first kappa shape index (κ1) is 18.4. The van der Waals surface area contributed by atoms with E-state index in [-0.39, 0.29) is 23.5 Å². The van der Waals surface area contributed by atoms with Gasteiger partial charge in [0.05, 0.1) is 0 Å². The fourth-order valence-corrected chi connectivity index (χ4v) is 5.23. The molecule has 2 saturated carbocycles. The highest BCUT2D eigenvalue weighted by Crippen LogP contribution is 2.40. The minimum absolute atomic E-state index is 0.0491. The smallest absolute Gasteiger partial charge is 0.161 e. The summed E-state index contributed by atoms with van der Waals surface area (Å²) in [5.74, 6) is 1.01. The van der Waals surface area contributed by atoms with Gasteiger partial charge in [0.25, 0.3) is 0 Å². The van der Waals surface area contributed by atoms with Crippen LogP contribution < -0.4 is 0 Å². The molecule has 0 amide bonds. The van der Waals surface area contributed by atoms with Crippen molar-refractivity contribution in [3.05, 3.63) is 53.1 Å². The van der Waals surface area contributed by atoms with Crippen molar-refractivity contribution in [2.75, 3.05) is 0 Å². The van der Waals surface area contributed by atoms with Crippen molar-refractivity contribution in [2.45, 2.75) is 64.2 Å². The Hall–Kier alpha value is -1.96. The molecule has 0 N–H and O–H groups in total. The maximum Gasteiger partial charge on any atom is 0.161 e. The molecule has 3 aliphatic carbocycles. The fourth-order valence-electron chi connectivity index (χ4n) is 5.23. The zero-order valence-corrected chi connectivity index (χ0v) is 16.2. The molecule has 0 spiro atoms. The topological polar surface area (TPSA) is 34.1 Å². The van der Waals surface area contributed by atoms with Gasteiger partial charge in [-0.1, -0.05) is 48.4 Å². The van der Waals surface area contributed by atoms with E-state index in [0.29, 0.717) is 5.78 Å². The quantitative estimate of drug-likeness (QED) is 0.492. The van der Waals surface area contributed by atoms with Gasteiger partial charge in [0.1, 0.15) is 5.78 Å². The van der Waals surface area contributed by atoms with Gasteiger partial charge in [-0.2, -0.15) is 0 Å². The van der Waals surface area contributed by atoms with Gasteiger partial charge in [0.15, 0.2) is 5.78 Å². The summed E-state index contributed by atoms with van der Waals surface area (Å²) >= 11 is 0. The summed E-state index contributed by atoms with van der Waals surface area (Å²) in [6.07, 6.45) is 14.8. The number of benzene rings is 1. The molecule has 3 aliphatic rings. The molecule has 1 aromatic rings. The Morgan fingerprint density at radius 3 is 2.52 bits per heavy atom. The third-order valence-corrected chi connectivity index (χ3v) is 6.72. The average molecular weight is 363 g/mol. The predicted molar refractivity (Wildman–Crippen MR) is 109 cm³/mol. The Balaban J connectivity index is 1.41. The lowest BCUT2D eigenvalue weighted by Crippen LogP contribution is -2.32. The fraction of sp³-hybridized carbons (Fsp3) is 0.520. The number of hydrogen-bond acceptors (Lipinski definition) is 2. The van der Waals surface area contributed by atoms with Crippen LogP contribution in [0.15, 0.2) is 47.6 Å². The Kier molecular flexibility index (Phi) is 5.71. The molecular weight excluding hydrogens is 332 g/mol. The molecule has 0 heterocycles. The molecule has 142 valence electrons. The standard InChI is InChI=1S/C25H30O2/c26-24-21(16-18-8-3-1-4-9-18)14-15-22(24)17-20-12-7-13-23(25(20)27)19-10-5-2-6-11-19/h1,3-4,8-10,16,20,22-23H,2,5-7,11-15,17H2/b21-16+. The molecule has 27 heavy (non-hydrogen) atoms. The van der Waals surface area contributed by atoms with E-state index in [2.05, 4.69) is 6.08 Å². The van der Waals surface area contributed by atoms with Crippen molar-refractivity contribution in [1.29, 1.82) is 0 Å². The van der Waals surface area contributed by atoms with Gasteiger partial charge in [-0.15, -0.1) is 0 Å². The SMILES string of the molecule is O=C1/C(=C/c2ccccc2)CCC1CC1CCCC(C2=CCCCC2)C1=O. The van der Waals surface area contributed by atoms with Crippen LogP contribution in [-0.2, 0) is 9.59 Å². The highest BCUT2D eigenvalue weighted by atomic mass is 16.1. The highest BCUT2D eigenvalue weighted by Gasteiger charge is 2.38. The summed E-state index contributed by atoms with van der Waals surface area (Å²) in [4.78, 5) is 26.0. The van der Waals surface area contributed by atoms with Crippen LogP contribution in [0.1, 0.15) is 69.8 Å². The first-order valence-corrected chi connectivity index (χ1v) is 10.7. The second-order valence-electron chi connectivity index (χ2n) is 8.52. The third kappa shape index (κ3) is 4.15. The lowest BCUT2D eigenvalue weighted by Gasteiger charge is -2.31. The summed E-state index contributed by atoms with van der Waals surface area (Å²) in [5, 5.41) is 0. The Labute approximate surface area is 162 Å². The Bertz CT molecular complexity index is 756. The normalized spacial score (nSPS) is 30.6. The van der Waals surface area contributed by atoms with Gasteiger partial charge in [-0.25, -0.2) is 0 Å². The van der Waals surface area contributed by atoms with E-state index in [1.54, 1.807) is 0 Å². The van der Waals surface area contributed by atoms with Crippen LogP contribution in [0.3, 0.4) is 0 Å². The van der Waals surface area contributed by atoms with E-state index >= 15 is 0 Å². The molecule has 0 saturated heterocycles. The Morgan fingerprint density at radius 1 is 0.889 bits per heavy atom. The van der Waals surface area contributed by atoms with Gasteiger partial charge in [0.2, 0.25) is 0 Å². The minimum atomic E-state index is 0.0491. The highest BCUT2D eigenvalue weighted by molar-refractivity contribution is 6.03. The van der Waals surface area contributed by atoms with Crippen molar-refractivity contribution in [3.63, 3.8) is 0 Å². The minimum Gasteiger partial charge on any atom is -0.299 e. The molecular formula is C25H30O2. The molecule has 0 aromatic heterocycles. The van der Waals surface area contributed by atoms with Crippen LogP contribution in [0.4, 0.5) is 0 Å². The van der Waals surface area contributed by atoms with Crippen molar-refractivity contribution < 1.29 is 9.59 Å². The van der Waals surface area contributed by atoms with Crippen LogP contribution >= 0.6 is 0 Å². The molecule has 0 radical (unpaired) electrons. The van der Waals surface area contributed by atoms with Gasteiger partial charge in [0, 0.05) is 17.8 Å². The number of hydrogen-bond donors (Lipinski definition) is 0. The van der Waals surface area contributed by atoms with E-state index in [4.69, 9.17) is 0 Å². The van der Waals surface area contributed by atoms with Crippen LogP contribution in [0.2, 0.25) is 0 Å². The van der Waals surface area contributed by atoms with Crippen molar-refractivity contribution >= 4 is 17.6 Å². The van der Waals surface area contributed by atoms with Crippen LogP contribution in [0, 0.1) is 17.8 Å². The van der Waals surface area contributed by atoms with Crippen molar-refractivity contribution in [1.82, 2.24) is 0 Å². The molecule has 2 fully saturated rings. The summed E-state index contributed by atoms with van der Waals surface area (Å²) in [5.41, 5.74) is 3.44. The summed E-state index contributed by atoms with van der Waals surface area (Å²) in [6.45, 7) is 0. The summed E-state index contributed by atoms with van der Waals surface area (Å²) in [7, 11) is 0. The molecule has 1 aromatic carbocycles. The van der Waals surface area contributed by atoms with E-state index in [1.165, 1.54) is 18.4 Å². The number of carbonyl (C=O) groups is 2. The monoisotopic (exact) mass is 362 g/mol. The van der Waals surface area contributed by atoms with Gasteiger partial charge in [-0.05, 0) is 75.0 Å². The summed E-state index contributed by atoms with van der Waals surface area (Å²) < 4.78 is 0. The molecule has 3 atom stereocenters. The third-order valence-electron chi connectivity index (χ3n) is 6.72. The molecule has 0 aliphatic heterocycles. The molecule has 2 nitrogen and oxygen atoms in total. The number of rotatable bonds is 4. The van der Waals surface area contributed by atoms with Gasteiger partial charge < -0.3 is 0 Å². The van der Waals surface area contributed by atoms with E-state index in [9.17, 15) is 9.59 Å². The average Bonchev–Trinajstić information content (AvgIpc) is 3.04. The van der Waals surface area contributed by atoms with Gasteiger partial charge in [-0.3, -0.25) is 9.59 Å². The maximum absolute atomic E-state index is 13.1. The Morgan fingerprint density at radius 2 is 1.74 bits per heavy atom. The van der Waals surface area contributed by atoms with Gasteiger partial charge >= 0.3 is 0 Å². The maximum atomic E-state index is 13.1. The largest absolute Gasteiger partial charge is 0.299 e. The number of allylic oxidation sites excluding steroid dienone is 3. The lowest BCUT2D eigenvalue weighted by molar-refractivity contribution is -0.129. The first-order chi connectivity index (χ1) is 13.2. The number of Topliss-reactive ketones (excluding diaryl/α,β-unsaturated/α-hetero) is 2. The second kappa shape index (κ2) is 8.37. The van der Waals surface area contributed by atoms with Crippen molar-refractivity contribution in [2.24, 2.45) is 17.8 Å². The van der Waals surface area contributed by atoms with Crippen LogP contribution in [-0.4, -0.2) is 11.6 Å². The molecule has 0 bridgehead atoms. The van der Waals surface area contributed by atoms with E-state index < -0.39 is 0 Å². The zero-order valence-electron chi connectivity index (χ0n) is 16.2. The number of carbonyl (C=O) groups excluding carboxylic acids is 2.